The summed E-state index contributed by atoms with van der Waals surface area (Å²) in [4.78, 5) is 73.0. The number of phosphoric acid groups is 2. The second kappa shape index (κ2) is 71.7. The van der Waals surface area contributed by atoms with Crippen LogP contribution in [-0.2, 0) is 65.4 Å². The van der Waals surface area contributed by atoms with Crippen molar-refractivity contribution < 1.29 is 80.2 Å². The van der Waals surface area contributed by atoms with Gasteiger partial charge in [-0.2, -0.15) is 0 Å². The van der Waals surface area contributed by atoms with Gasteiger partial charge in [-0.15, -0.1) is 0 Å². The van der Waals surface area contributed by atoms with Crippen molar-refractivity contribution in [2.24, 2.45) is 11.8 Å². The minimum absolute atomic E-state index is 0.108. The van der Waals surface area contributed by atoms with E-state index in [1.54, 1.807) is 0 Å². The van der Waals surface area contributed by atoms with Crippen LogP contribution in [-0.4, -0.2) is 96.7 Å². The Bertz CT molecular complexity index is 1910. The molecule has 588 valence electrons. The van der Waals surface area contributed by atoms with E-state index in [1.165, 1.54) is 238 Å². The maximum absolute atomic E-state index is 13.1. The number of rotatable bonds is 79. The SMILES string of the molecule is CCCCCCCCCCCCCCCCCCCCCC(=O)O[C@H](COC(=O)CCCCCCCCCCCCCC(C)C)COP(=O)(O)OC[C@@H](O)COP(=O)(O)OC[C@@H](COC(=O)CCCCCCCCCCC(C)CC)OC(=O)CCCCCCCCCCCCCCCC. The number of hydrogen-bond acceptors (Lipinski definition) is 15. The van der Waals surface area contributed by atoms with Crippen molar-refractivity contribution in [1.29, 1.82) is 0 Å². The van der Waals surface area contributed by atoms with Crippen LogP contribution in [0.15, 0.2) is 0 Å². The third-order valence-electron chi connectivity index (χ3n) is 19.1. The van der Waals surface area contributed by atoms with Crippen LogP contribution in [0, 0.1) is 11.8 Å². The van der Waals surface area contributed by atoms with Crippen molar-refractivity contribution in [2.45, 2.75) is 439 Å². The Labute approximate surface area is 607 Å². The lowest BCUT2D eigenvalue weighted by molar-refractivity contribution is -0.161. The van der Waals surface area contributed by atoms with Gasteiger partial charge in [0.15, 0.2) is 12.2 Å². The average molecular weight is 1450 g/mol. The monoisotopic (exact) mass is 1450 g/mol. The van der Waals surface area contributed by atoms with E-state index in [0.717, 1.165) is 102 Å². The maximum Gasteiger partial charge on any atom is 0.472 e. The topological polar surface area (TPSA) is 237 Å². The minimum atomic E-state index is -4.96. The summed E-state index contributed by atoms with van der Waals surface area (Å²) in [5.41, 5.74) is 0. The van der Waals surface area contributed by atoms with Crippen LogP contribution in [0.2, 0.25) is 0 Å². The predicted octanol–water partition coefficient (Wildman–Crippen LogP) is 23.9. The molecule has 0 amide bonds. The number of carbonyl (C=O) groups excluding carboxylic acids is 4. The highest BCUT2D eigenvalue weighted by molar-refractivity contribution is 7.47. The van der Waals surface area contributed by atoms with E-state index in [1.807, 2.05) is 0 Å². The maximum atomic E-state index is 13.1. The van der Waals surface area contributed by atoms with Crippen LogP contribution in [0.25, 0.3) is 0 Å². The summed E-state index contributed by atoms with van der Waals surface area (Å²) in [5.74, 6) is -0.560. The smallest absolute Gasteiger partial charge is 0.462 e. The first-order valence-electron chi connectivity index (χ1n) is 41.5. The number of hydrogen-bond donors (Lipinski definition) is 3. The second-order valence-corrected chi connectivity index (χ2v) is 32.4. The Balaban J connectivity index is 5.26. The third kappa shape index (κ3) is 72.8. The lowest BCUT2D eigenvalue weighted by Gasteiger charge is -2.21. The normalized spacial score (nSPS) is 14.2. The van der Waals surface area contributed by atoms with Crippen molar-refractivity contribution in [2.75, 3.05) is 39.6 Å². The summed E-state index contributed by atoms with van der Waals surface area (Å²) < 4.78 is 68.7. The van der Waals surface area contributed by atoms with Gasteiger partial charge >= 0.3 is 39.5 Å². The van der Waals surface area contributed by atoms with Gasteiger partial charge in [0.25, 0.3) is 0 Å². The molecule has 0 radical (unpaired) electrons. The first-order valence-corrected chi connectivity index (χ1v) is 44.5. The predicted molar refractivity (Wildman–Crippen MR) is 405 cm³/mol. The Kier molecular flexibility index (Phi) is 70.3. The molecule has 99 heavy (non-hydrogen) atoms. The molecule has 0 aliphatic heterocycles. The summed E-state index contributed by atoms with van der Waals surface area (Å²) >= 11 is 0. The molecule has 3 N–H and O–H groups in total. The van der Waals surface area contributed by atoms with Gasteiger partial charge in [0, 0.05) is 25.7 Å². The molecular formula is C80H156O17P2. The van der Waals surface area contributed by atoms with Crippen LogP contribution < -0.4 is 0 Å². The van der Waals surface area contributed by atoms with Crippen molar-refractivity contribution in [3.05, 3.63) is 0 Å². The first kappa shape index (κ1) is 97.1. The molecule has 0 fully saturated rings. The standard InChI is InChI=1S/C80H156O17P2/c1-7-10-12-14-16-18-20-22-24-25-26-27-28-30-34-39-47-53-59-65-80(85)96-75(68-90-77(82)62-56-50-44-37-35-31-32-36-42-48-54-60-72(4)5)70-94-98(86,87)92-66-74(81)67-93-99(88,89)95-71-76(69-91-78(83)63-57-51-45-41-40-43-49-55-61-73(6)9-3)97-79(84)64-58-52-46-38-33-29-23-21-19-17-15-13-11-8-2/h72-76,81H,7-71H2,1-6H3,(H,86,87)(H,88,89)/t73?,74-,75-,76-/m1/s1. The number of unbranched alkanes of at least 4 members (excludes halogenated alkanes) is 48. The molecular weight excluding hydrogens is 1290 g/mol. The number of phosphoric ester groups is 2. The Morgan fingerprint density at radius 1 is 0.293 bits per heavy atom. The van der Waals surface area contributed by atoms with Crippen molar-refractivity contribution >= 4 is 39.5 Å². The molecule has 6 atom stereocenters. The molecule has 17 nitrogen and oxygen atoms in total. The van der Waals surface area contributed by atoms with Crippen molar-refractivity contribution in [1.82, 2.24) is 0 Å². The zero-order chi connectivity index (χ0) is 72.8. The summed E-state index contributed by atoms with van der Waals surface area (Å²) in [7, 11) is -9.92. The van der Waals surface area contributed by atoms with Gasteiger partial charge in [0.2, 0.25) is 0 Å². The zero-order valence-electron chi connectivity index (χ0n) is 64.8. The van der Waals surface area contributed by atoms with Crippen molar-refractivity contribution in [3.8, 4) is 0 Å². The van der Waals surface area contributed by atoms with E-state index in [2.05, 4.69) is 41.5 Å². The lowest BCUT2D eigenvalue weighted by atomic mass is 9.99. The van der Waals surface area contributed by atoms with Gasteiger partial charge in [-0.1, -0.05) is 369 Å². The van der Waals surface area contributed by atoms with Gasteiger partial charge in [0.05, 0.1) is 26.4 Å². The fourth-order valence-corrected chi connectivity index (χ4v) is 13.9. The number of esters is 4. The van der Waals surface area contributed by atoms with Crippen molar-refractivity contribution in [3.63, 3.8) is 0 Å². The van der Waals surface area contributed by atoms with Gasteiger partial charge < -0.3 is 33.8 Å². The Morgan fingerprint density at radius 2 is 0.515 bits per heavy atom. The van der Waals surface area contributed by atoms with Crippen LogP contribution in [0.4, 0.5) is 0 Å². The summed E-state index contributed by atoms with van der Waals surface area (Å²) in [6, 6.07) is 0. The molecule has 0 aromatic carbocycles. The van der Waals surface area contributed by atoms with Crippen LogP contribution in [0.3, 0.4) is 0 Å². The quantitative estimate of drug-likeness (QED) is 0.0222. The van der Waals surface area contributed by atoms with E-state index in [-0.39, 0.29) is 25.7 Å². The Hall–Kier alpha value is -1.94. The lowest BCUT2D eigenvalue weighted by Crippen LogP contribution is -2.30. The fourth-order valence-electron chi connectivity index (χ4n) is 12.3. The minimum Gasteiger partial charge on any atom is -0.462 e. The second-order valence-electron chi connectivity index (χ2n) is 29.5. The summed E-state index contributed by atoms with van der Waals surface area (Å²) in [6.07, 6.45) is 60.9. The van der Waals surface area contributed by atoms with Crippen LogP contribution in [0.1, 0.15) is 420 Å². The molecule has 0 rings (SSSR count). The van der Waals surface area contributed by atoms with Gasteiger partial charge in [-0.05, 0) is 37.5 Å². The van der Waals surface area contributed by atoms with E-state index in [0.29, 0.717) is 25.7 Å². The largest absolute Gasteiger partial charge is 0.472 e. The molecule has 0 saturated heterocycles. The highest BCUT2D eigenvalue weighted by atomic mass is 31.2. The van der Waals surface area contributed by atoms with Crippen LogP contribution >= 0.6 is 15.6 Å². The van der Waals surface area contributed by atoms with Gasteiger partial charge in [0.1, 0.15) is 19.3 Å². The molecule has 3 unspecified atom stereocenters. The third-order valence-corrected chi connectivity index (χ3v) is 21.0. The number of carbonyl (C=O) groups is 4. The van der Waals surface area contributed by atoms with E-state index in [4.69, 9.17) is 37.0 Å². The van der Waals surface area contributed by atoms with E-state index < -0.39 is 97.5 Å². The molecule has 0 aromatic heterocycles. The molecule has 0 aromatic rings. The molecule has 0 spiro atoms. The molecule has 0 aliphatic rings. The molecule has 0 bridgehead atoms. The zero-order valence-corrected chi connectivity index (χ0v) is 66.6. The summed E-state index contributed by atoms with van der Waals surface area (Å²) in [5, 5.41) is 10.6. The van der Waals surface area contributed by atoms with Crippen LogP contribution in [0.5, 0.6) is 0 Å². The number of aliphatic hydroxyl groups excluding tert-OH is 1. The highest BCUT2D eigenvalue weighted by Crippen LogP contribution is 2.45. The molecule has 0 saturated carbocycles. The van der Waals surface area contributed by atoms with Gasteiger partial charge in [-0.3, -0.25) is 37.3 Å². The van der Waals surface area contributed by atoms with E-state index >= 15 is 0 Å². The first-order chi connectivity index (χ1) is 47.9. The summed E-state index contributed by atoms with van der Waals surface area (Å²) in [6.45, 7) is 9.64. The fraction of sp³-hybridized carbons (Fsp3) is 0.950. The average Bonchev–Trinajstić information content (AvgIpc) is 0.981. The number of aliphatic hydroxyl groups is 1. The Morgan fingerprint density at radius 3 is 0.768 bits per heavy atom. The molecule has 19 heteroatoms. The molecule has 0 aliphatic carbocycles. The molecule has 0 heterocycles. The van der Waals surface area contributed by atoms with E-state index in [9.17, 15) is 43.2 Å². The van der Waals surface area contributed by atoms with Gasteiger partial charge in [-0.25, -0.2) is 9.13 Å². The number of ether oxygens (including phenoxy) is 4. The highest BCUT2D eigenvalue weighted by Gasteiger charge is 2.30.